The lowest BCUT2D eigenvalue weighted by atomic mass is 9.95. The number of nitrogens with zero attached hydrogens (tertiary/aromatic N) is 2. The zero-order valence-corrected chi connectivity index (χ0v) is 17.0. The summed E-state index contributed by atoms with van der Waals surface area (Å²) in [6.07, 6.45) is 5.56. The first-order valence-electron chi connectivity index (χ1n) is 10.8. The number of rotatable bonds is 7. The molecule has 2 N–H and O–H groups in total. The molecular formula is C22H34N4O2. The minimum Gasteiger partial charge on any atom is -0.354 e. The number of urea groups is 1. The minimum absolute atomic E-state index is 0.00637. The Kier molecular flexibility index (Phi) is 7.71. The van der Waals surface area contributed by atoms with Crippen LogP contribution in [0.1, 0.15) is 38.2 Å². The van der Waals surface area contributed by atoms with Crippen molar-refractivity contribution in [3.8, 4) is 0 Å². The normalized spacial score (nSPS) is 19.4. The quantitative estimate of drug-likeness (QED) is 0.755. The van der Waals surface area contributed by atoms with Gasteiger partial charge in [0.25, 0.3) is 0 Å². The SMILES string of the molecule is CCNC(=O)N1CCN(C(C(=O)NCCc2ccccc2)C2CCCC2)CC1. The fourth-order valence-corrected chi connectivity index (χ4v) is 4.50. The largest absolute Gasteiger partial charge is 0.354 e. The molecule has 0 aromatic heterocycles. The Bertz CT molecular complexity index is 623. The van der Waals surface area contributed by atoms with Crippen LogP contribution in [-0.4, -0.2) is 67.0 Å². The lowest BCUT2D eigenvalue weighted by Crippen LogP contribution is -2.59. The summed E-state index contributed by atoms with van der Waals surface area (Å²) in [5.74, 6) is 0.599. The molecule has 2 aliphatic rings. The fraction of sp³-hybridized carbons (Fsp3) is 0.636. The van der Waals surface area contributed by atoms with E-state index in [9.17, 15) is 9.59 Å². The van der Waals surface area contributed by atoms with Gasteiger partial charge in [-0.2, -0.15) is 0 Å². The Labute approximate surface area is 168 Å². The van der Waals surface area contributed by atoms with Gasteiger partial charge in [0.2, 0.25) is 5.91 Å². The summed E-state index contributed by atoms with van der Waals surface area (Å²) in [5.41, 5.74) is 1.25. The highest BCUT2D eigenvalue weighted by Crippen LogP contribution is 2.31. The first-order chi connectivity index (χ1) is 13.7. The Balaban J connectivity index is 1.55. The van der Waals surface area contributed by atoms with Crippen LogP contribution < -0.4 is 10.6 Å². The number of benzene rings is 1. The molecule has 1 aliphatic carbocycles. The zero-order valence-electron chi connectivity index (χ0n) is 17.0. The van der Waals surface area contributed by atoms with Crippen molar-refractivity contribution in [3.63, 3.8) is 0 Å². The summed E-state index contributed by atoms with van der Waals surface area (Å²) < 4.78 is 0. The second kappa shape index (κ2) is 10.5. The van der Waals surface area contributed by atoms with Crippen molar-refractivity contribution in [1.82, 2.24) is 20.4 Å². The Morgan fingerprint density at radius 3 is 2.36 bits per heavy atom. The van der Waals surface area contributed by atoms with Crippen molar-refractivity contribution in [1.29, 1.82) is 0 Å². The summed E-state index contributed by atoms with van der Waals surface area (Å²) in [5, 5.41) is 6.06. The van der Waals surface area contributed by atoms with Crippen LogP contribution in [0.5, 0.6) is 0 Å². The lowest BCUT2D eigenvalue weighted by molar-refractivity contribution is -0.129. The van der Waals surface area contributed by atoms with Crippen LogP contribution in [-0.2, 0) is 11.2 Å². The van der Waals surface area contributed by atoms with Gasteiger partial charge in [0, 0.05) is 39.3 Å². The average Bonchev–Trinajstić information content (AvgIpc) is 3.24. The molecule has 1 atom stereocenters. The number of amides is 3. The van der Waals surface area contributed by atoms with Crippen LogP contribution in [0.15, 0.2) is 30.3 Å². The Morgan fingerprint density at radius 2 is 1.71 bits per heavy atom. The molecule has 2 fully saturated rings. The summed E-state index contributed by atoms with van der Waals surface area (Å²) in [6.45, 7) is 6.16. The van der Waals surface area contributed by atoms with E-state index in [0.717, 1.165) is 32.4 Å². The molecule has 28 heavy (non-hydrogen) atoms. The van der Waals surface area contributed by atoms with Gasteiger partial charge in [0.05, 0.1) is 6.04 Å². The van der Waals surface area contributed by atoms with Crippen molar-refractivity contribution in [3.05, 3.63) is 35.9 Å². The molecule has 0 radical (unpaired) electrons. The second-order valence-corrected chi connectivity index (χ2v) is 7.87. The van der Waals surface area contributed by atoms with Crippen LogP contribution in [0.3, 0.4) is 0 Å². The van der Waals surface area contributed by atoms with Crippen molar-refractivity contribution < 1.29 is 9.59 Å². The van der Waals surface area contributed by atoms with Gasteiger partial charge < -0.3 is 15.5 Å². The van der Waals surface area contributed by atoms with Crippen molar-refractivity contribution in [2.45, 2.75) is 45.1 Å². The maximum Gasteiger partial charge on any atom is 0.317 e. The molecule has 1 unspecified atom stereocenters. The lowest BCUT2D eigenvalue weighted by Gasteiger charge is -2.40. The number of carbonyl (C=O) groups excluding carboxylic acids is 2. The molecule has 1 aromatic carbocycles. The van der Waals surface area contributed by atoms with E-state index in [-0.39, 0.29) is 18.0 Å². The number of hydrogen-bond donors (Lipinski definition) is 2. The van der Waals surface area contributed by atoms with Gasteiger partial charge >= 0.3 is 6.03 Å². The van der Waals surface area contributed by atoms with E-state index in [1.165, 1.54) is 18.4 Å². The molecule has 154 valence electrons. The average molecular weight is 387 g/mol. The third-order valence-corrected chi connectivity index (χ3v) is 5.99. The molecule has 0 spiro atoms. The van der Waals surface area contributed by atoms with E-state index >= 15 is 0 Å². The van der Waals surface area contributed by atoms with Gasteiger partial charge in [-0.25, -0.2) is 4.79 Å². The molecule has 0 bridgehead atoms. The van der Waals surface area contributed by atoms with Gasteiger partial charge in [0.15, 0.2) is 0 Å². The number of carbonyl (C=O) groups is 2. The first-order valence-corrected chi connectivity index (χ1v) is 10.8. The van der Waals surface area contributed by atoms with Gasteiger partial charge in [-0.05, 0) is 37.7 Å². The molecular weight excluding hydrogens is 352 g/mol. The molecule has 3 rings (SSSR count). The second-order valence-electron chi connectivity index (χ2n) is 7.87. The minimum atomic E-state index is -0.0605. The van der Waals surface area contributed by atoms with Crippen LogP contribution in [0, 0.1) is 5.92 Å². The number of piperazine rings is 1. The van der Waals surface area contributed by atoms with Crippen LogP contribution in [0.4, 0.5) is 4.79 Å². The first kappa shape index (κ1) is 20.6. The monoisotopic (exact) mass is 386 g/mol. The van der Waals surface area contributed by atoms with E-state index < -0.39 is 0 Å². The van der Waals surface area contributed by atoms with Crippen LogP contribution in [0.25, 0.3) is 0 Å². The Hall–Kier alpha value is -2.08. The third-order valence-electron chi connectivity index (χ3n) is 5.99. The highest BCUT2D eigenvalue weighted by molar-refractivity contribution is 5.82. The van der Waals surface area contributed by atoms with Gasteiger partial charge in [0.1, 0.15) is 0 Å². The standard InChI is InChI=1S/C22H34N4O2/c1-2-23-22(28)26-16-14-25(15-17-26)20(19-10-6-7-11-19)21(27)24-13-12-18-8-4-3-5-9-18/h3-5,8-9,19-20H,2,6-7,10-17H2,1H3,(H,23,28)(H,24,27). The van der Waals surface area contributed by atoms with E-state index in [1.54, 1.807) is 0 Å². The maximum atomic E-state index is 13.1. The maximum absolute atomic E-state index is 13.1. The molecule has 1 heterocycles. The Morgan fingerprint density at radius 1 is 1.04 bits per heavy atom. The summed E-state index contributed by atoms with van der Waals surface area (Å²) in [6, 6.07) is 10.2. The van der Waals surface area contributed by atoms with Crippen LogP contribution >= 0.6 is 0 Å². The molecule has 3 amide bonds. The number of nitrogens with one attached hydrogen (secondary N) is 2. The van der Waals surface area contributed by atoms with Crippen molar-refractivity contribution in [2.24, 2.45) is 5.92 Å². The summed E-state index contributed by atoms with van der Waals surface area (Å²) in [4.78, 5) is 29.3. The predicted molar refractivity (Wildman–Crippen MR) is 111 cm³/mol. The molecule has 1 saturated carbocycles. The van der Waals surface area contributed by atoms with Crippen LogP contribution in [0.2, 0.25) is 0 Å². The van der Waals surface area contributed by atoms with E-state index in [2.05, 4.69) is 27.7 Å². The summed E-state index contributed by atoms with van der Waals surface area (Å²) >= 11 is 0. The zero-order chi connectivity index (χ0) is 19.8. The van der Waals surface area contributed by atoms with Gasteiger partial charge in [-0.15, -0.1) is 0 Å². The third kappa shape index (κ3) is 5.47. The summed E-state index contributed by atoms with van der Waals surface area (Å²) in [7, 11) is 0. The molecule has 6 nitrogen and oxygen atoms in total. The molecule has 1 aliphatic heterocycles. The van der Waals surface area contributed by atoms with E-state index in [1.807, 2.05) is 30.0 Å². The molecule has 6 heteroatoms. The topological polar surface area (TPSA) is 64.7 Å². The van der Waals surface area contributed by atoms with E-state index in [0.29, 0.717) is 32.1 Å². The fourth-order valence-electron chi connectivity index (χ4n) is 4.50. The van der Waals surface area contributed by atoms with Gasteiger partial charge in [-0.1, -0.05) is 43.2 Å². The van der Waals surface area contributed by atoms with E-state index in [4.69, 9.17) is 0 Å². The molecule has 1 saturated heterocycles. The highest BCUT2D eigenvalue weighted by atomic mass is 16.2. The van der Waals surface area contributed by atoms with Crippen molar-refractivity contribution >= 4 is 11.9 Å². The number of hydrogen-bond acceptors (Lipinski definition) is 3. The highest BCUT2D eigenvalue weighted by Gasteiger charge is 2.37. The smallest absolute Gasteiger partial charge is 0.317 e. The predicted octanol–water partition coefficient (Wildman–Crippen LogP) is 2.25. The van der Waals surface area contributed by atoms with Crippen molar-refractivity contribution in [2.75, 3.05) is 39.3 Å². The molecule has 1 aromatic rings. The van der Waals surface area contributed by atoms with Gasteiger partial charge in [-0.3, -0.25) is 9.69 Å².